The number of nitrogens with one attached hydrogen (secondary N) is 1. The molecule has 1 atom stereocenters. The van der Waals surface area contributed by atoms with Crippen molar-refractivity contribution in [2.45, 2.75) is 72.4 Å². The molecule has 154 valence electrons. The third-order valence-corrected chi connectivity index (χ3v) is 4.64. The van der Waals surface area contributed by atoms with E-state index in [1.54, 1.807) is 19.3 Å². The standard InChI is InChI=1S/C21H32N4O3/c1-5-28-21(27)17(13-15(2)3)24-20(26)9-7-6-8-12-25-16(4)23-18-14-22-11-10-19(18)25/h10-11,14-15,17H,5-9,12-13H2,1-4H3,(H,24,26)/t17-/m1/s1. The number of aryl methyl sites for hydroxylation is 2. The molecule has 0 aliphatic rings. The largest absolute Gasteiger partial charge is 0.464 e. The molecule has 0 radical (unpaired) electrons. The monoisotopic (exact) mass is 388 g/mol. The maximum absolute atomic E-state index is 12.2. The van der Waals surface area contributed by atoms with E-state index in [0.29, 0.717) is 25.4 Å². The molecule has 2 rings (SSSR count). The molecule has 1 amide bonds. The predicted molar refractivity (Wildman–Crippen MR) is 109 cm³/mol. The number of pyridine rings is 1. The second-order valence-electron chi connectivity index (χ2n) is 7.49. The Labute approximate surface area is 166 Å². The molecule has 2 heterocycles. The van der Waals surface area contributed by atoms with Crippen LogP contribution in [0.15, 0.2) is 18.5 Å². The SMILES string of the molecule is CCOC(=O)[C@@H](CC(C)C)NC(=O)CCCCCn1c(C)nc2cnccc21. The number of unbranched alkanes of at least 4 members (excludes halogenated alkanes) is 2. The molecule has 0 fully saturated rings. The van der Waals surface area contributed by atoms with Crippen molar-refractivity contribution in [3.05, 3.63) is 24.3 Å². The number of carbonyl (C=O) groups excluding carboxylic acids is 2. The molecule has 28 heavy (non-hydrogen) atoms. The van der Waals surface area contributed by atoms with Crippen molar-refractivity contribution in [2.75, 3.05) is 6.61 Å². The Hall–Kier alpha value is -2.44. The van der Waals surface area contributed by atoms with E-state index in [2.05, 4.69) is 19.9 Å². The Morgan fingerprint density at radius 1 is 1.25 bits per heavy atom. The Morgan fingerprint density at radius 2 is 2.04 bits per heavy atom. The Bertz CT molecular complexity index is 785. The zero-order valence-corrected chi connectivity index (χ0v) is 17.4. The van der Waals surface area contributed by atoms with Crippen molar-refractivity contribution in [3.8, 4) is 0 Å². The fourth-order valence-corrected chi connectivity index (χ4v) is 3.31. The highest BCUT2D eigenvalue weighted by Crippen LogP contribution is 2.16. The molecular weight excluding hydrogens is 356 g/mol. The van der Waals surface area contributed by atoms with Crippen molar-refractivity contribution in [1.29, 1.82) is 0 Å². The highest BCUT2D eigenvalue weighted by atomic mass is 16.5. The number of amides is 1. The molecule has 7 nitrogen and oxygen atoms in total. The molecule has 0 bridgehead atoms. The maximum atomic E-state index is 12.2. The van der Waals surface area contributed by atoms with Crippen LogP contribution in [0.4, 0.5) is 0 Å². The van der Waals surface area contributed by atoms with Crippen LogP contribution in [0.25, 0.3) is 11.0 Å². The van der Waals surface area contributed by atoms with E-state index in [-0.39, 0.29) is 11.9 Å². The molecule has 0 unspecified atom stereocenters. The number of rotatable bonds is 11. The van der Waals surface area contributed by atoms with Crippen LogP contribution in [-0.4, -0.2) is 39.1 Å². The number of esters is 1. The van der Waals surface area contributed by atoms with E-state index in [0.717, 1.165) is 42.7 Å². The summed E-state index contributed by atoms with van der Waals surface area (Å²) >= 11 is 0. The molecule has 0 aliphatic heterocycles. The van der Waals surface area contributed by atoms with Gasteiger partial charge < -0.3 is 14.6 Å². The lowest BCUT2D eigenvalue weighted by Crippen LogP contribution is -2.42. The van der Waals surface area contributed by atoms with Crippen molar-refractivity contribution < 1.29 is 14.3 Å². The summed E-state index contributed by atoms with van der Waals surface area (Å²) in [6.07, 6.45) is 7.26. The van der Waals surface area contributed by atoms with Gasteiger partial charge in [0, 0.05) is 19.2 Å². The van der Waals surface area contributed by atoms with Gasteiger partial charge in [-0.2, -0.15) is 0 Å². The number of aromatic nitrogens is 3. The van der Waals surface area contributed by atoms with E-state index in [1.807, 2.05) is 26.8 Å². The summed E-state index contributed by atoms with van der Waals surface area (Å²) in [7, 11) is 0. The van der Waals surface area contributed by atoms with Crippen LogP contribution in [-0.2, 0) is 20.9 Å². The van der Waals surface area contributed by atoms with E-state index in [1.165, 1.54) is 0 Å². The Balaban J connectivity index is 1.75. The van der Waals surface area contributed by atoms with E-state index < -0.39 is 6.04 Å². The van der Waals surface area contributed by atoms with Crippen molar-refractivity contribution in [3.63, 3.8) is 0 Å². The molecule has 0 saturated heterocycles. The van der Waals surface area contributed by atoms with Gasteiger partial charge in [0.05, 0.1) is 18.3 Å². The van der Waals surface area contributed by atoms with Gasteiger partial charge in [-0.1, -0.05) is 20.3 Å². The second kappa shape index (κ2) is 10.8. The molecule has 0 spiro atoms. The third kappa shape index (κ3) is 6.32. The predicted octanol–water partition coefficient (Wildman–Crippen LogP) is 3.39. The number of carbonyl (C=O) groups is 2. The fraction of sp³-hybridized carbons (Fsp3) is 0.619. The number of fused-ring (bicyclic) bond motifs is 1. The average Bonchev–Trinajstić information content (AvgIpc) is 2.96. The Kier molecular flexibility index (Phi) is 8.42. The number of hydrogen-bond acceptors (Lipinski definition) is 5. The summed E-state index contributed by atoms with van der Waals surface area (Å²) in [5, 5.41) is 2.84. The van der Waals surface area contributed by atoms with Gasteiger partial charge in [0.15, 0.2) is 0 Å². The zero-order chi connectivity index (χ0) is 20.5. The quantitative estimate of drug-likeness (QED) is 0.471. The second-order valence-corrected chi connectivity index (χ2v) is 7.49. The van der Waals surface area contributed by atoms with Gasteiger partial charge in [-0.15, -0.1) is 0 Å². The van der Waals surface area contributed by atoms with Gasteiger partial charge in [0.2, 0.25) is 5.91 Å². The number of hydrogen-bond donors (Lipinski definition) is 1. The number of nitrogens with zero attached hydrogens (tertiary/aromatic N) is 3. The van der Waals surface area contributed by atoms with Gasteiger partial charge in [0.25, 0.3) is 0 Å². The van der Waals surface area contributed by atoms with Crippen LogP contribution in [0.3, 0.4) is 0 Å². The van der Waals surface area contributed by atoms with Crippen molar-refractivity contribution in [1.82, 2.24) is 19.9 Å². The zero-order valence-electron chi connectivity index (χ0n) is 17.4. The Morgan fingerprint density at radius 3 is 2.75 bits per heavy atom. The number of ether oxygens (including phenoxy) is 1. The molecular formula is C21H32N4O3. The molecule has 1 N–H and O–H groups in total. The summed E-state index contributed by atoms with van der Waals surface area (Å²) in [5.74, 6) is 0.848. The summed E-state index contributed by atoms with van der Waals surface area (Å²) in [6, 6.07) is 1.42. The molecule has 0 aliphatic carbocycles. The summed E-state index contributed by atoms with van der Waals surface area (Å²) < 4.78 is 7.26. The lowest BCUT2D eigenvalue weighted by molar-refractivity contribution is -0.147. The molecule has 0 saturated carbocycles. The third-order valence-electron chi connectivity index (χ3n) is 4.64. The first-order chi connectivity index (χ1) is 13.4. The molecule has 0 aromatic carbocycles. The first-order valence-electron chi connectivity index (χ1n) is 10.1. The van der Waals surface area contributed by atoms with Crippen LogP contribution >= 0.6 is 0 Å². The smallest absolute Gasteiger partial charge is 0.328 e. The van der Waals surface area contributed by atoms with E-state index in [4.69, 9.17) is 4.74 Å². The van der Waals surface area contributed by atoms with Gasteiger partial charge in [-0.25, -0.2) is 9.78 Å². The van der Waals surface area contributed by atoms with Crippen LogP contribution in [0, 0.1) is 12.8 Å². The van der Waals surface area contributed by atoms with Crippen molar-refractivity contribution in [2.24, 2.45) is 5.92 Å². The average molecular weight is 389 g/mol. The summed E-state index contributed by atoms with van der Waals surface area (Å²) in [6.45, 7) is 9.01. The number of imidazole rings is 1. The first kappa shape index (κ1) is 21.9. The van der Waals surface area contributed by atoms with Crippen LogP contribution < -0.4 is 5.32 Å². The minimum absolute atomic E-state index is 0.0889. The van der Waals surface area contributed by atoms with Crippen LogP contribution in [0.1, 0.15) is 58.7 Å². The van der Waals surface area contributed by atoms with Crippen molar-refractivity contribution >= 4 is 22.9 Å². The van der Waals surface area contributed by atoms with Gasteiger partial charge in [0.1, 0.15) is 17.4 Å². The molecule has 2 aromatic rings. The first-order valence-corrected chi connectivity index (χ1v) is 10.1. The molecule has 2 aromatic heterocycles. The summed E-state index contributed by atoms with van der Waals surface area (Å²) in [5.41, 5.74) is 2.01. The fourth-order valence-electron chi connectivity index (χ4n) is 3.31. The highest BCUT2D eigenvalue weighted by molar-refractivity contribution is 5.84. The van der Waals surface area contributed by atoms with Gasteiger partial charge in [-0.05, 0) is 45.1 Å². The maximum Gasteiger partial charge on any atom is 0.328 e. The van der Waals surface area contributed by atoms with Gasteiger partial charge in [-0.3, -0.25) is 9.78 Å². The van der Waals surface area contributed by atoms with E-state index >= 15 is 0 Å². The normalized spacial score (nSPS) is 12.3. The topological polar surface area (TPSA) is 86.1 Å². The van der Waals surface area contributed by atoms with Crippen LogP contribution in [0.2, 0.25) is 0 Å². The minimum Gasteiger partial charge on any atom is -0.464 e. The molecule has 7 heteroatoms. The van der Waals surface area contributed by atoms with E-state index in [9.17, 15) is 9.59 Å². The minimum atomic E-state index is -0.555. The van der Waals surface area contributed by atoms with Gasteiger partial charge >= 0.3 is 5.97 Å². The van der Waals surface area contributed by atoms with Crippen LogP contribution in [0.5, 0.6) is 0 Å². The lowest BCUT2D eigenvalue weighted by atomic mass is 10.0. The lowest BCUT2D eigenvalue weighted by Gasteiger charge is -2.19. The highest BCUT2D eigenvalue weighted by Gasteiger charge is 2.22. The summed E-state index contributed by atoms with van der Waals surface area (Å²) in [4.78, 5) is 32.9.